The first-order chi connectivity index (χ1) is 27.8. The van der Waals surface area contributed by atoms with E-state index in [1.54, 1.807) is 0 Å². The van der Waals surface area contributed by atoms with Crippen LogP contribution in [-0.2, 0) is 0 Å². The van der Waals surface area contributed by atoms with Gasteiger partial charge in [-0.15, -0.1) is 0 Å². The predicted molar refractivity (Wildman–Crippen MR) is 233 cm³/mol. The van der Waals surface area contributed by atoms with Gasteiger partial charge in [-0.2, -0.15) is 0 Å². The molecule has 4 heterocycles. The molecule has 262 valence electrons. The quantitative estimate of drug-likeness (QED) is 0.169. The van der Waals surface area contributed by atoms with Gasteiger partial charge >= 0.3 is 0 Å². The highest BCUT2D eigenvalue weighted by Gasteiger charge is 2.19. The second kappa shape index (κ2) is 12.0. The molecule has 0 saturated carbocycles. The molecule has 0 unspecified atom stereocenters. The van der Waals surface area contributed by atoms with Crippen molar-refractivity contribution >= 4 is 55.2 Å². The molecule has 0 N–H and O–H groups in total. The Kier molecular flexibility index (Phi) is 6.60. The fourth-order valence-electron chi connectivity index (χ4n) is 8.93. The minimum atomic E-state index is 1.14. The van der Waals surface area contributed by atoms with Gasteiger partial charge < -0.3 is 0 Å². The number of imidazole rings is 2. The molecule has 4 nitrogen and oxygen atoms in total. The van der Waals surface area contributed by atoms with E-state index in [9.17, 15) is 0 Å². The Labute approximate surface area is 323 Å². The fraction of sp³-hybridized carbons (Fsp3) is 0. The molecule has 0 aliphatic rings. The third-order valence-corrected chi connectivity index (χ3v) is 11.6. The first-order valence-electron chi connectivity index (χ1n) is 19.2. The monoisotopic (exact) mass is 714 g/mol. The largest absolute Gasteiger partial charge is 0.294 e. The summed E-state index contributed by atoms with van der Waals surface area (Å²) in [7, 11) is 0. The van der Waals surface area contributed by atoms with Crippen molar-refractivity contribution in [1.29, 1.82) is 0 Å². The molecule has 56 heavy (non-hydrogen) atoms. The summed E-state index contributed by atoms with van der Waals surface area (Å²) >= 11 is 0. The highest BCUT2D eigenvalue weighted by Crippen LogP contribution is 2.37. The first kappa shape index (κ1) is 30.9. The Morgan fingerprint density at radius 1 is 0.232 bits per heavy atom. The van der Waals surface area contributed by atoms with Crippen LogP contribution in [0.5, 0.6) is 0 Å². The van der Waals surface area contributed by atoms with Crippen molar-refractivity contribution in [2.24, 2.45) is 0 Å². The lowest BCUT2D eigenvalue weighted by molar-refractivity contribution is 1.15. The maximum absolute atomic E-state index is 2.42. The molecule has 0 amide bonds. The van der Waals surface area contributed by atoms with Crippen LogP contribution in [0, 0.1) is 0 Å². The van der Waals surface area contributed by atoms with Gasteiger partial charge in [0, 0.05) is 22.1 Å². The number of fused-ring (bicyclic) bond motifs is 10. The summed E-state index contributed by atoms with van der Waals surface area (Å²) < 4.78 is 9.61. The zero-order valence-corrected chi connectivity index (χ0v) is 30.4. The predicted octanol–water partition coefficient (Wildman–Crippen LogP) is 13.4. The van der Waals surface area contributed by atoms with Gasteiger partial charge in [0.25, 0.3) is 0 Å². The Bertz CT molecular complexity index is 3430. The maximum atomic E-state index is 2.42. The number of hydrogen-bond acceptors (Lipinski definition) is 0. The van der Waals surface area contributed by atoms with Gasteiger partial charge in [-0.1, -0.05) is 127 Å². The van der Waals surface area contributed by atoms with E-state index in [1.165, 1.54) is 77.3 Å². The average Bonchev–Trinajstić information content (AvgIpc) is 4.00. The molecule has 0 bridgehead atoms. The van der Waals surface area contributed by atoms with Gasteiger partial charge in [0.05, 0.1) is 33.1 Å². The van der Waals surface area contributed by atoms with Crippen molar-refractivity contribution in [3.8, 4) is 44.8 Å². The van der Waals surface area contributed by atoms with Crippen LogP contribution in [0.4, 0.5) is 0 Å². The van der Waals surface area contributed by atoms with Crippen LogP contribution >= 0.6 is 0 Å². The van der Waals surface area contributed by atoms with Crippen molar-refractivity contribution in [3.63, 3.8) is 0 Å². The van der Waals surface area contributed by atoms with Crippen molar-refractivity contribution in [2.45, 2.75) is 0 Å². The number of hydrogen-bond donors (Lipinski definition) is 0. The van der Waals surface area contributed by atoms with Crippen LogP contribution in [0.25, 0.3) is 99.9 Å². The van der Waals surface area contributed by atoms with Gasteiger partial charge in [0.2, 0.25) is 0 Å². The SMILES string of the molecule is c1ccc(-c2ccc(-n3c4ccccc4n4c5ccc(-c6ccc7c(c6)n6c8ccccc8cc6n7-c6ccc(-c7ccccc7)cc6)cc5cc34)cc2)cc1. The van der Waals surface area contributed by atoms with E-state index in [4.69, 9.17) is 0 Å². The zero-order chi connectivity index (χ0) is 36.7. The Morgan fingerprint density at radius 3 is 1.27 bits per heavy atom. The average molecular weight is 715 g/mol. The molecule has 8 aromatic carbocycles. The minimum Gasteiger partial charge on any atom is -0.294 e. The van der Waals surface area contributed by atoms with Crippen molar-refractivity contribution < 1.29 is 0 Å². The summed E-state index contributed by atoms with van der Waals surface area (Å²) in [4.78, 5) is 0. The molecule has 0 saturated heterocycles. The Balaban J connectivity index is 1.00. The summed E-state index contributed by atoms with van der Waals surface area (Å²) in [5.41, 5.74) is 19.0. The summed E-state index contributed by atoms with van der Waals surface area (Å²) in [5.74, 6) is 0. The number of aromatic nitrogens is 4. The summed E-state index contributed by atoms with van der Waals surface area (Å²) in [6, 6.07) is 75.0. The zero-order valence-electron chi connectivity index (χ0n) is 30.4. The second-order valence-corrected chi connectivity index (χ2v) is 14.7. The number of para-hydroxylation sites is 3. The molecule has 12 aromatic rings. The van der Waals surface area contributed by atoms with E-state index in [0.717, 1.165) is 22.7 Å². The number of nitrogens with zero attached hydrogens (tertiary/aromatic N) is 4. The van der Waals surface area contributed by atoms with Crippen LogP contribution in [0.1, 0.15) is 0 Å². The fourth-order valence-corrected chi connectivity index (χ4v) is 8.93. The lowest BCUT2D eigenvalue weighted by Crippen LogP contribution is -1.93. The molecule has 12 rings (SSSR count). The standard InChI is InChI=1S/C52H34N4/c1-3-11-35(12-4-1)37-19-25-43(26-20-37)53-47-17-9-10-18-48(47)55-46-29-23-39(31-42(46)34-52(53)55)40-24-30-49-50(32-40)56-45-16-8-7-15-41(45)33-51(56)54(49)44-27-21-38(22-28-44)36-13-5-2-6-14-36/h1-34H. The van der Waals surface area contributed by atoms with E-state index >= 15 is 0 Å². The molecule has 0 spiro atoms. The number of benzene rings is 8. The highest BCUT2D eigenvalue weighted by atomic mass is 15.1. The van der Waals surface area contributed by atoms with Gasteiger partial charge in [-0.05, 0) is 112 Å². The topological polar surface area (TPSA) is 18.7 Å². The van der Waals surface area contributed by atoms with Gasteiger partial charge in [-0.3, -0.25) is 17.9 Å². The summed E-state index contributed by atoms with van der Waals surface area (Å²) in [5, 5.41) is 2.44. The second-order valence-electron chi connectivity index (χ2n) is 14.7. The van der Waals surface area contributed by atoms with E-state index in [-0.39, 0.29) is 0 Å². The van der Waals surface area contributed by atoms with Crippen LogP contribution in [0.2, 0.25) is 0 Å². The summed E-state index contributed by atoms with van der Waals surface area (Å²) in [6.07, 6.45) is 0. The third kappa shape index (κ3) is 4.60. The Morgan fingerprint density at radius 2 is 0.643 bits per heavy atom. The molecule has 0 radical (unpaired) electrons. The van der Waals surface area contributed by atoms with E-state index < -0.39 is 0 Å². The van der Waals surface area contributed by atoms with Crippen LogP contribution < -0.4 is 0 Å². The lowest BCUT2D eigenvalue weighted by Gasteiger charge is -2.09. The third-order valence-electron chi connectivity index (χ3n) is 11.6. The van der Waals surface area contributed by atoms with Crippen LogP contribution in [0.3, 0.4) is 0 Å². The van der Waals surface area contributed by atoms with Crippen molar-refractivity contribution in [1.82, 2.24) is 17.9 Å². The molecule has 0 fully saturated rings. The van der Waals surface area contributed by atoms with Crippen molar-refractivity contribution in [3.05, 3.63) is 206 Å². The molecular weight excluding hydrogens is 681 g/mol. The summed E-state index contributed by atoms with van der Waals surface area (Å²) in [6.45, 7) is 0. The molecule has 0 aliphatic heterocycles. The normalized spacial score (nSPS) is 11.9. The van der Waals surface area contributed by atoms with Crippen molar-refractivity contribution in [2.75, 3.05) is 0 Å². The Hall–Kier alpha value is -7.56. The molecule has 4 aromatic heterocycles. The maximum Gasteiger partial charge on any atom is 0.123 e. The first-order valence-corrected chi connectivity index (χ1v) is 19.2. The molecule has 4 heteroatoms. The van der Waals surface area contributed by atoms with E-state index in [0.29, 0.717) is 0 Å². The van der Waals surface area contributed by atoms with Gasteiger partial charge in [0.15, 0.2) is 0 Å². The molecule has 0 atom stereocenters. The number of rotatable bonds is 5. The van der Waals surface area contributed by atoms with Crippen LogP contribution in [-0.4, -0.2) is 17.9 Å². The van der Waals surface area contributed by atoms with E-state index in [2.05, 4.69) is 224 Å². The lowest BCUT2D eigenvalue weighted by atomic mass is 10.0. The molecular formula is C52H34N4. The van der Waals surface area contributed by atoms with Crippen LogP contribution in [0.15, 0.2) is 206 Å². The van der Waals surface area contributed by atoms with Gasteiger partial charge in [-0.25, -0.2) is 0 Å². The minimum absolute atomic E-state index is 1.14. The highest BCUT2D eigenvalue weighted by molar-refractivity contribution is 6.00. The van der Waals surface area contributed by atoms with Gasteiger partial charge in [0.1, 0.15) is 11.3 Å². The smallest absolute Gasteiger partial charge is 0.123 e. The molecule has 0 aliphatic carbocycles. The van der Waals surface area contributed by atoms with E-state index in [1.807, 2.05) is 0 Å².